The fourth-order valence-corrected chi connectivity index (χ4v) is 6.55. The number of aliphatic hydroxyl groups is 1. The summed E-state index contributed by atoms with van der Waals surface area (Å²) < 4.78 is 50.3. The summed E-state index contributed by atoms with van der Waals surface area (Å²) in [6.45, 7) is 4.59. The van der Waals surface area contributed by atoms with E-state index in [9.17, 15) is 18.3 Å². The van der Waals surface area contributed by atoms with E-state index in [4.69, 9.17) is 18.9 Å². The van der Waals surface area contributed by atoms with Crippen LogP contribution in [0.4, 0.5) is 4.79 Å². The molecule has 2 aliphatic rings. The number of amides is 1. The highest BCUT2D eigenvalue weighted by Crippen LogP contribution is 2.33. The molecule has 2 aromatic carbocycles. The van der Waals surface area contributed by atoms with E-state index < -0.39 is 34.4 Å². The Morgan fingerprint density at radius 1 is 1.10 bits per heavy atom. The number of aliphatic hydroxyl groups excluding tert-OH is 1. The minimum absolute atomic E-state index is 0.000311. The van der Waals surface area contributed by atoms with Gasteiger partial charge in [-0.05, 0) is 48.6 Å². The molecule has 2 saturated heterocycles. The molecule has 10 nitrogen and oxygen atoms in total. The second-order valence-corrected chi connectivity index (χ2v) is 12.3. The van der Waals surface area contributed by atoms with E-state index in [0.29, 0.717) is 12.4 Å². The van der Waals surface area contributed by atoms with E-state index in [0.717, 1.165) is 12.0 Å². The smallest absolute Gasteiger partial charge is 0.407 e. The molecule has 4 rings (SSSR count). The van der Waals surface area contributed by atoms with Gasteiger partial charge in [-0.1, -0.05) is 44.2 Å². The third kappa shape index (κ3) is 7.49. The number of fused-ring (bicyclic) bond motifs is 1. The number of rotatable bonds is 12. The van der Waals surface area contributed by atoms with Crippen molar-refractivity contribution in [3.8, 4) is 5.75 Å². The van der Waals surface area contributed by atoms with Crippen molar-refractivity contribution in [2.45, 2.75) is 56.1 Å². The predicted molar refractivity (Wildman–Crippen MR) is 144 cm³/mol. The van der Waals surface area contributed by atoms with Crippen LogP contribution in [-0.2, 0) is 30.7 Å². The Kier molecular flexibility index (Phi) is 9.84. The van der Waals surface area contributed by atoms with Gasteiger partial charge in [0, 0.05) is 13.1 Å². The standard InChI is InChI=1S/C28H38N2O8S/c1-19(2)16-30(39(33,34)22-11-9-21(35-3)10-12-22)17-25(31)24(15-20-7-5-4-6-8-20)29-28(32)38-26-18-37-27-23(26)13-14-36-27/h4-12,19,23-27,31H,13-18H2,1-3H3,(H,29,32)/t23?,24-,25+,26?,27?/m0/s1. The van der Waals surface area contributed by atoms with E-state index in [1.807, 2.05) is 44.2 Å². The van der Waals surface area contributed by atoms with Crippen LogP contribution < -0.4 is 10.1 Å². The third-order valence-corrected chi connectivity index (χ3v) is 8.81. The number of benzene rings is 2. The molecule has 0 radical (unpaired) electrons. The lowest BCUT2D eigenvalue weighted by Crippen LogP contribution is -2.51. The summed E-state index contributed by atoms with van der Waals surface area (Å²) in [5.41, 5.74) is 0.878. The van der Waals surface area contributed by atoms with Gasteiger partial charge in [0.25, 0.3) is 0 Å². The largest absolute Gasteiger partial charge is 0.497 e. The van der Waals surface area contributed by atoms with Crippen LogP contribution in [0, 0.1) is 11.8 Å². The number of hydrogen-bond donors (Lipinski definition) is 2. The van der Waals surface area contributed by atoms with Crippen molar-refractivity contribution in [2.75, 3.05) is 33.4 Å². The summed E-state index contributed by atoms with van der Waals surface area (Å²) in [4.78, 5) is 13.0. The van der Waals surface area contributed by atoms with E-state index in [1.165, 1.54) is 23.5 Å². The van der Waals surface area contributed by atoms with E-state index in [2.05, 4.69) is 5.32 Å². The number of sulfonamides is 1. The molecule has 2 aromatic rings. The first-order chi connectivity index (χ1) is 18.7. The summed E-state index contributed by atoms with van der Waals surface area (Å²) >= 11 is 0. The zero-order valence-corrected chi connectivity index (χ0v) is 23.4. The predicted octanol–water partition coefficient (Wildman–Crippen LogP) is 2.80. The Labute approximate surface area is 230 Å². The number of methoxy groups -OCH3 is 1. The maximum absolute atomic E-state index is 13.6. The zero-order valence-electron chi connectivity index (χ0n) is 22.6. The number of carbonyl (C=O) groups is 1. The Balaban J connectivity index is 1.51. The Hall–Kier alpha value is -2.70. The Bertz CT molecular complexity index is 1180. The monoisotopic (exact) mass is 562 g/mol. The zero-order chi connectivity index (χ0) is 28.0. The van der Waals surface area contributed by atoms with Crippen LogP contribution in [0.2, 0.25) is 0 Å². The molecule has 0 aromatic heterocycles. The first-order valence-electron chi connectivity index (χ1n) is 13.2. The number of ether oxygens (including phenoxy) is 4. The molecule has 2 heterocycles. The average Bonchev–Trinajstić information content (AvgIpc) is 3.53. The molecule has 11 heteroatoms. The van der Waals surface area contributed by atoms with Gasteiger partial charge in [0.1, 0.15) is 11.9 Å². The van der Waals surface area contributed by atoms with Crippen molar-refractivity contribution >= 4 is 16.1 Å². The van der Waals surface area contributed by atoms with Gasteiger partial charge in [0.2, 0.25) is 10.0 Å². The molecule has 214 valence electrons. The van der Waals surface area contributed by atoms with Crippen molar-refractivity contribution in [3.05, 3.63) is 60.2 Å². The van der Waals surface area contributed by atoms with Crippen molar-refractivity contribution < 1.29 is 37.3 Å². The van der Waals surface area contributed by atoms with Gasteiger partial charge in [0.15, 0.2) is 6.29 Å². The van der Waals surface area contributed by atoms with E-state index in [-0.39, 0.29) is 49.1 Å². The maximum Gasteiger partial charge on any atom is 0.407 e. The minimum Gasteiger partial charge on any atom is -0.497 e. The minimum atomic E-state index is -3.94. The first kappa shape index (κ1) is 29.3. The highest BCUT2D eigenvalue weighted by atomic mass is 32.2. The molecule has 0 spiro atoms. The fraction of sp³-hybridized carbons (Fsp3) is 0.536. The van der Waals surface area contributed by atoms with Crippen LogP contribution >= 0.6 is 0 Å². The summed E-state index contributed by atoms with van der Waals surface area (Å²) in [5, 5.41) is 14.2. The van der Waals surface area contributed by atoms with Gasteiger partial charge in [-0.25, -0.2) is 13.2 Å². The van der Waals surface area contributed by atoms with Crippen LogP contribution in [0.3, 0.4) is 0 Å². The molecular formula is C28H38N2O8S. The van der Waals surface area contributed by atoms with Gasteiger partial charge in [-0.3, -0.25) is 0 Å². The van der Waals surface area contributed by atoms with Crippen LogP contribution in [0.5, 0.6) is 5.75 Å². The van der Waals surface area contributed by atoms with Gasteiger partial charge >= 0.3 is 6.09 Å². The van der Waals surface area contributed by atoms with Crippen LogP contribution in [0.25, 0.3) is 0 Å². The van der Waals surface area contributed by atoms with Gasteiger partial charge in [-0.15, -0.1) is 0 Å². The van der Waals surface area contributed by atoms with Crippen LogP contribution in [0.15, 0.2) is 59.5 Å². The van der Waals surface area contributed by atoms with Crippen LogP contribution in [0.1, 0.15) is 25.8 Å². The van der Waals surface area contributed by atoms with Crippen molar-refractivity contribution in [2.24, 2.45) is 11.8 Å². The Morgan fingerprint density at radius 3 is 2.49 bits per heavy atom. The summed E-state index contributed by atoms with van der Waals surface area (Å²) in [6.07, 6.45) is -1.69. The highest BCUT2D eigenvalue weighted by Gasteiger charge is 2.44. The SMILES string of the molecule is COc1ccc(S(=O)(=O)N(CC(C)C)C[C@@H](O)[C@H](Cc2ccccc2)NC(=O)OC2COC3OCCC23)cc1. The number of alkyl carbamates (subject to hydrolysis) is 1. The molecule has 2 N–H and O–H groups in total. The quantitative estimate of drug-likeness (QED) is 0.405. The van der Waals surface area contributed by atoms with Gasteiger partial charge in [0.05, 0.1) is 43.3 Å². The number of nitrogens with zero attached hydrogens (tertiary/aromatic N) is 1. The molecule has 2 fully saturated rings. The topological polar surface area (TPSA) is 124 Å². The van der Waals surface area contributed by atoms with Crippen molar-refractivity contribution in [1.82, 2.24) is 9.62 Å². The molecule has 3 unspecified atom stereocenters. The summed E-state index contributed by atoms with van der Waals surface area (Å²) in [7, 11) is -2.43. The average molecular weight is 563 g/mol. The lowest BCUT2D eigenvalue weighted by atomic mass is 10.0. The molecular weight excluding hydrogens is 524 g/mol. The summed E-state index contributed by atoms with van der Waals surface area (Å²) in [6, 6.07) is 14.7. The van der Waals surface area contributed by atoms with E-state index >= 15 is 0 Å². The fourth-order valence-electron chi connectivity index (χ4n) is 4.93. The number of nitrogens with one attached hydrogen (secondary N) is 1. The molecule has 0 bridgehead atoms. The van der Waals surface area contributed by atoms with Crippen LogP contribution in [-0.4, -0.2) is 81.9 Å². The van der Waals surface area contributed by atoms with Gasteiger partial charge < -0.3 is 29.4 Å². The van der Waals surface area contributed by atoms with Gasteiger partial charge in [-0.2, -0.15) is 4.31 Å². The Morgan fingerprint density at radius 2 is 1.82 bits per heavy atom. The van der Waals surface area contributed by atoms with Crippen molar-refractivity contribution in [3.63, 3.8) is 0 Å². The van der Waals surface area contributed by atoms with Crippen molar-refractivity contribution in [1.29, 1.82) is 0 Å². The lowest BCUT2D eigenvalue weighted by molar-refractivity contribution is -0.0907. The number of hydrogen-bond acceptors (Lipinski definition) is 8. The molecule has 39 heavy (non-hydrogen) atoms. The second kappa shape index (κ2) is 13.1. The number of carbonyl (C=O) groups excluding carboxylic acids is 1. The maximum atomic E-state index is 13.6. The normalized spacial score (nSPS) is 22.5. The third-order valence-electron chi connectivity index (χ3n) is 6.97. The molecule has 0 aliphatic carbocycles. The molecule has 2 aliphatic heterocycles. The second-order valence-electron chi connectivity index (χ2n) is 10.4. The lowest BCUT2D eigenvalue weighted by Gasteiger charge is -2.31. The summed E-state index contributed by atoms with van der Waals surface area (Å²) in [5.74, 6) is 0.516. The molecule has 0 saturated carbocycles. The molecule has 5 atom stereocenters. The van der Waals surface area contributed by atoms with E-state index in [1.54, 1.807) is 12.1 Å². The highest BCUT2D eigenvalue weighted by molar-refractivity contribution is 7.89. The molecule has 1 amide bonds. The first-order valence-corrected chi connectivity index (χ1v) is 14.7.